The number of rotatable bonds is 4. The van der Waals surface area contributed by atoms with Crippen LogP contribution in [-0.2, 0) is 4.79 Å². The molecule has 0 aliphatic carbocycles. The Balaban J connectivity index is 2.17. The number of amides is 1. The summed E-state index contributed by atoms with van der Waals surface area (Å²) in [6, 6.07) is 4.77. The molecule has 2 N–H and O–H groups in total. The maximum Gasteiger partial charge on any atom is 0.232 e. The molecule has 1 saturated heterocycles. The highest BCUT2D eigenvalue weighted by molar-refractivity contribution is 5.96. The average Bonchev–Trinajstić information content (AvgIpc) is 2.84. The third-order valence-corrected chi connectivity index (χ3v) is 3.82. The second kappa shape index (κ2) is 5.70. The van der Waals surface area contributed by atoms with Crippen molar-refractivity contribution in [2.75, 3.05) is 18.4 Å². The lowest BCUT2D eigenvalue weighted by Gasteiger charge is -2.26. The van der Waals surface area contributed by atoms with Gasteiger partial charge >= 0.3 is 0 Å². The van der Waals surface area contributed by atoms with Crippen LogP contribution in [0.3, 0.4) is 0 Å². The molecule has 1 aromatic carbocycles. The highest BCUT2D eigenvalue weighted by Crippen LogP contribution is 2.33. The molecule has 4 heteroatoms. The van der Waals surface area contributed by atoms with Crippen LogP contribution in [0.1, 0.15) is 31.7 Å². The Morgan fingerprint density at radius 2 is 2.32 bits per heavy atom. The van der Waals surface area contributed by atoms with Crippen LogP contribution in [0.15, 0.2) is 18.2 Å². The Morgan fingerprint density at radius 3 is 2.95 bits per heavy atom. The van der Waals surface area contributed by atoms with Gasteiger partial charge in [-0.05, 0) is 44.0 Å². The van der Waals surface area contributed by atoms with Gasteiger partial charge in [0.2, 0.25) is 5.91 Å². The Morgan fingerprint density at radius 1 is 1.53 bits per heavy atom. The summed E-state index contributed by atoms with van der Waals surface area (Å²) in [6.45, 7) is 5.48. The van der Waals surface area contributed by atoms with E-state index in [4.69, 9.17) is 0 Å². The molecule has 3 nitrogen and oxygen atoms in total. The number of halogens is 1. The number of hydrogen-bond acceptors (Lipinski definition) is 2. The second-order valence-corrected chi connectivity index (χ2v) is 5.39. The van der Waals surface area contributed by atoms with Gasteiger partial charge in [-0.15, -0.1) is 0 Å². The fourth-order valence-corrected chi connectivity index (χ4v) is 2.73. The third-order valence-electron chi connectivity index (χ3n) is 3.82. The van der Waals surface area contributed by atoms with E-state index >= 15 is 0 Å². The van der Waals surface area contributed by atoms with Crippen LogP contribution < -0.4 is 10.6 Å². The minimum absolute atomic E-state index is 0.0659. The van der Waals surface area contributed by atoms with Crippen molar-refractivity contribution in [2.45, 2.75) is 33.1 Å². The van der Waals surface area contributed by atoms with Gasteiger partial charge in [0.1, 0.15) is 5.82 Å². The molecule has 1 atom stereocenters. The summed E-state index contributed by atoms with van der Waals surface area (Å²) >= 11 is 0. The molecule has 1 aliphatic heterocycles. The van der Waals surface area contributed by atoms with Crippen molar-refractivity contribution >= 4 is 11.6 Å². The fourth-order valence-electron chi connectivity index (χ4n) is 2.73. The van der Waals surface area contributed by atoms with Crippen LogP contribution >= 0.6 is 0 Å². The van der Waals surface area contributed by atoms with E-state index in [0.29, 0.717) is 6.54 Å². The summed E-state index contributed by atoms with van der Waals surface area (Å²) in [4.78, 5) is 12.5. The summed E-state index contributed by atoms with van der Waals surface area (Å²) in [5.41, 5.74) is 0.837. The summed E-state index contributed by atoms with van der Waals surface area (Å²) in [5, 5.41) is 6.00. The fraction of sp³-hybridized carbons (Fsp3) is 0.533. The van der Waals surface area contributed by atoms with E-state index in [-0.39, 0.29) is 22.8 Å². The van der Waals surface area contributed by atoms with Gasteiger partial charge in [-0.3, -0.25) is 4.79 Å². The van der Waals surface area contributed by atoms with Gasteiger partial charge in [0.25, 0.3) is 0 Å². The largest absolute Gasteiger partial charge is 0.323 e. The SMILES string of the molecule is CCCC1(C(=O)Nc2cc(C)ccc2F)CCNC1. The van der Waals surface area contributed by atoms with Crippen LogP contribution in [0.5, 0.6) is 0 Å². The van der Waals surface area contributed by atoms with Gasteiger partial charge in [0.15, 0.2) is 0 Å². The number of anilines is 1. The van der Waals surface area contributed by atoms with Crippen molar-refractivity contribution in [1.29, 1.82) is 0 Å². The van der Waals surface area contributed by atoms with Crippen molar-refractivity contribution in [3.05, 3.63) is 29.6 Å². The van der Waals surface area contributed by atoms with Gasteiger partial charge < -0.3 is 10.6 Å². The quantitative estimate of drug-likeness (QED) is 0.878. The maximum absolute atomic E-state index is 13.7. The van der Waals surface area contributed by atoms with E-state index in [1.165, 1.54) is 6.07 Å². The lowest BCUT2D eigenvalue weighted by molar-refractivity contribution is -0.125. The number of benzene rings is 1. The molecule has 0 radical (unpaired) electrons. The standard InChI is InChI=1S/C15H21FN2O/c1-3-6-15(7-8-17-10-15)14(19)18-13-9-11(2)4-5-12(13)16/h4-5,9,17H,3,6-8,10H2,1-2H3,(H,18,19). The Bertz CT molecular complexity index is 467. The summed E-state index contributed by atoms with van der Waals surface area (Å²) < 4.78 is 13.7. The normalized spacial score (nSPS) is 22.5. The van der Waals surface area contributed by atoms with Gasteiger partial charge in [-0.2, -0.15) is 0 Å². The van der Waals surface area contributed by atoms with E-state index in [1.54, 1.807) is 12.1 Å². The Labute approximate surface area is 113 Å². The lowest BCUT2D eigenvalue weighted by atomic mass is 9.81. The van der Waals surface area contributed by atoms with E-state index < -0.39 is 0 Å². The first-order chi connectivity index (χ1) is 9.07. The molecule has 19 heavy (non-hydrogen) atoms. The van der Waals surface area contributed by atoms with Crippen molar-refractivity contribution < 1.29 is 9.18 Å². The zero-order valence-electron chi connectivity index (χ0n) is 11.6. The predicted octanol–water partition coefficient (Wildman–Crippen LogP) is 2.85. The molecule has 0 saturated carbocycles. The van der Waals surface area contributed by atoms with E-state index in [2.05, 4.69) is 17.6 Å². The molecule has 104 valence electrons. The first kappa shape index (κ1) is 14.0. The molecule has 0 aromatic heterocycles. The number of carbonyl (C=O) groups is 1. The first-order valence-electron chi connectivity index (χ1n) is 6.86. The minimum Gasteiger partial charge on any atom is -0.323 e. The van der Waals surface area contributed by atoms with Crippen molar-refractivity contribution in [3.8, 4) is 0 Å². The predicted molar refractivity (Wildman–Crippen MR) is 74.6 cm³/mol. The van der Waals surface area contributed by atoms with Gasteiger partial charge in [-0.25, -0.2) is 4.39 Å². The van der Waals surface area contributed by atoms with E-state index in [0.717, 1.165) is 31.4 Å². The highest BCUT2D eigenvalue weighted by atomic mass is 19.1. The Hall–Kier alpha value is -1.42. The van der Waals surface area contributed by atoms with Gasteiger partial charge in [0.05, 0.1) is 11.1 Å². The highest BCUT2D eigenvalue weighted by Gasteiger charge is 2.40. The number of carbonyl (C=O) groups excluding carboxylic acids is 1. The van der Waals surface area contributed by atoms with Crippen molar-refractivity contribution in [1.82, 2.24) is 5.32 Å². The maximum atomic E-state index is 13.7. The van der Waals surface area contributed by atoms with Crippen molar-refractivity contribution in [2.24, 2.45) is 5.41 Å². The molecule has 2 rings (SSSR count). The van der Waals surface area contributed by atoms with Crippen LogP contribution in [0, 0.1) is 18.2 Å². The molecular formula is C15H21FN2O. The second-order valence-electron chi connectivity index (χ2n) is 5.39. The molecular weight excluding hydrogens is 243 g/mol. The first-order valence-corrected chi connectivity index (χ1v) is 6.86. The monoisotopic (exact) mass is 264 g/mol. The van der Waals surface area contributed by atoms with Crippen LogP contribution in [0.25, 0.3) is 0 Å². The lowest BCUT2D eigenvalue weighted by Crippen LogP contribution is -2.38. The van der Waals surface area contributed by atoms with Crippen LogP contribution in [0.4, 0.5) is 10.1 Å². The van der Waals surface area contributed by atoms with Crippen LogP contribution in [0.2, 0.25) is 0 Å². The zero-order valence-corrected chi connectivity index (χ0v) is 11.6. The van der Waals surface area contributed by atoms with Crippen LogP contribution in [-0.4, -0.2) is 19.0 Å². The molecule has 1 unspecified atom stereocenters. The topological polar surface area (TPSA) is 41.1 Å². The molecule has 1 fully saturated rings. The van der Waals surface area contributed by atoms with Gasteiger partial charge in [0, 0.05) is 6.54 Å². The number of aryl methyl sites for hydroxylation is 1. The third kappa shape index (κ3) is 2.95. The molecule has 1 amide bonds. The van der Waals surface area contributed by atoms with E-state index in [9.17, 15) is 9.18 Å². The summed E-state index contributed by atoms with van der Waals surface area (Å²) in [5.74, 6) is -0.444. The number of hydrogen-bond donors (Lipinski definition) is 2. The zero-order chi connectivity index (χ0) is 13.9. The Kier molecular flexibility index (Phi) is 4.20. The minimum atomic E-state index is -0.384. The van der Waals surface area contributed by atoms with E-state index in [1.807, 2.05) is 6.92 Å². The molecule has 1 aromatic rings. The molecule has 1 heterocycles. The number of nitrogens with one attached hydrogen (secondary N) is 2. The van der Waals surface area contributed by atoms with Crippen molar-refractivity contribution in [3.63, 3.8) is 0 Å². The summed E-state index contributed by atoms with van der Waals surface area (Å²) in [6.07, 6.45) is 2.60. The average molecular weight is 264 g/mol. The molecule has 1 aliphatic rings. The summed E-state index contributed by atoms with van der Waals surface area (Å²) in [7, 11) is 0. The molecule has 0 spiro atoms. The van der Waals surface area contributed by atoms with Gasteiger partial charge in [-0.1, -0.05) is 19.4 Å². The molecule has 0 bridgehead atoms. The smallest absolute Gasteiger partial charge is 0.232 e.